The normalized spacial score (nSPS) is 34.7. The summed E-state index contributed by atoms with van der Waals surface area (Å²) in [4.78, 5) is 3.01. The number of fused-ring (bicyclic) bond motifs is 2. The minimum Gasteiger partial charge on any atom is -0.370 e. The van der Waals surface area contributed by atoms with Gasteiger partial charge in [-0.05, 0) is 44.4 Å². The summed E-state index contributed by atoms with van der Waals surface area (Å²) in [6, 6.07) is 2.65. The van der Waals surface area contributed by atoms with Gasteiger partial charge >= 0.3 is 0 Å². The Morgan fingerprint density at radius 1 is 1.71 bits per heavy atom. The van der Waals surface area contributed by atoms with Gasteiger partial charge in [0.2, 0.25) is 0 Å². The number of ether oxygens (including phenoxy) is 1. The summed E-state index contributed by atoms with van der Waals surface area (Å²) in [6.45, 7) is 6.03. The van der Waals surface area contributed by atoms with E-state index in [9.17, 15) is 0 Å². The van der Waals surface area contributed by atoms with E-state index in [2.05, 4.69) is 19.9 Å². The lowest BCUT2D eigenvalue weighted by Gasteiger charge is -2.43. The first-order valence-electron chi connectivity index (χ1n) is 7.11. The van der Waals surface area contributed by atoms with Gasteiger partial charge in [-0.2, -0.15) is 0 Å². The molecule has 2 aliphatic rings. The molecule has 0 aliphatic carbocycles. The van der Waals surface area contributed by atoms with E-state index in [-0.39, 0.29) is 11.6 Å². The SMILES string of the molecule is [2H]N1CC[C@]2(C[C@@H]1C)OCCc1sc(CC)cc12. The zero-order valence-corrected chi connectivity index (χ0v) is 11.5. The van der Waals surface area contributed by atoms with Gasteiger partial charge in [0.25, 0.3) is 0 Å². The topological polar surface area (TPSA) is 21.3 Å². The molecule has 2 nitrogen and oxygen atoms in total. The summed E-state index contributed by atoms with van der Waals surface area (Å²) in [6.07, 6.45) is 4.12. The number of nitrogens with one attached hydrogen (secondary N) is 1. The van der Waals surface area contributed by atoms with Crippen LogP contribution in [0.5, 0.6) is 0 Å². The largest absolute Gasteiger partial charge is 0.370 e. The van der Waals surface area contributed by atoms with E-state index in [0.717, 1.165) is 38.8 Å². The molecule has 3 rings (SSSR count). The maximum absolute atomic E-state index is 7.89. The highest BCUT2D eigenvalue weighted by molar-refractivity contribution is 7.12. The third-order valence-corrected chi connectivity index (χ3v) is 5.33. The predicted molar refractivity (Wildman–Crippen MR) is 71.7 cm³/mol. The molecule has 1 aromatic heterocycles. The molecule has 0 saturated carbocycles. The fraction of sp³-hybridized carbons (Fsp3) is 0.714. The van der Waals surface area contributed by atoms with Gasteiger partial charge in [0.15, 0.2) is 0 Å². The molecule has 1 aromatic rings. The van der Waals surface area contributed by atoms with Crippen LogP contribution in [0.3, 0.4) is 0 Å². The summed E-state index contributed by atoms with van der Waals surface area (Å²) in [5.41, 5.74) is 1.35. The summed E-state index contributed by atoms with van der Waals surface area (Å²) < 4.78 is 14.1. The van der Waals surface area contributed by atoms with Gasteiger partial charge in [0, 0.05) is 22.2 Å². The van der Waals surface area contributed by atoms with Crippen molar-refractivity contribution in [1.82, 2.24) is 5.31 Å². The van der Waals surface area contributed by atoms with Crippen molar-refractivity contribution in [2.24, 2.45) is 0 Å². The number of piperidine rings is 1. The molecular formula is C14H21NOS. The second-order valence-electron chi connectivity index (χ2n) is 5.21. The van der Waals surface area contributed by atoms with Crippen molar-refractivity contribution in [2.45, 2.75) is 51.2 Å². The van der Waals surface area contributed by atoms with Crippen LogP contribution in [-0.2, 0) is 23.2 Å². The second kappa shape index (κ2) is 4.38. The van der Waals surface area contributed by atoms with E-state index in [1.165, 1.54) is 15.3 Å². The highest BCUT2D eigenvalue weighted by Crippen LogP contribution is 2.44. The van der Waals surface area contributed by atoms with E-state index >= 15 is 0 Å². The van der Waals surface area contributed by atoms with Crippen LogP contribution < -0.4 is 5.31 Å². The van der Waals surface area contributed by atoms with Crippen molar-refractivity contribution in [2.75, 3.05) is 13.2 Å². The van der Waals surface area contributed by atoms with Gasteiger partial charge in [-0.3, -0.25) is 0 Å². The zero-order valence-electron chi connectivity index (χ0n) is 11.7. The number of hydrogen-bond donors (Lipinski definition) is 1. The quantitative estimate of drug-likeness (QED) is 0.830. The van der Waals surface area contributed by atoms with Crippen molar-refractivity contribution >= 4 is 11.3 Å². The molecule has 1 fully saturated rings. The van der Waals surface area contributed by atoms with E-state index in [1.807, 2.05) is 11.3 Å². The standard InChI is InChI=1S/C14H21NOS/c1-3-11-8-12-13(17-11)4-7-16-14(12)5-6-15-10(2)9-14/h8,10,15H,3-7,9H2,1-2H3/t10-,14+/m0/s1/i/hD. The maximum Gasteiger partial charge on any atom is 0.122 e. The Kier molecular flexibility index (Phi) is 2.71. The molecule has 0 bridgehead atoms. The first-order chi connectivity index (χ1) is 8.64. The van der Waals surface area contributed by atoms with Crippen LogP contribution in [0.15, 0.2) is 6.07 Å². The Morgan fingerprint density at radius 2 is 2.59 bits per heavy atom. The fourth-order valence-electron chi connectivity index (χ4n) is 3.13. The molecule has 0 radical (unpaired) electrons. The molecule has 0 amide bonds. The smallest absolute Gasteiger partial charge is 0.122 e. The third-order valence-electron chi connectivity index (χ3n) is 3.99. The van der Waals surface area contributed by atoms with E-state index < -0.39 is 0 Å². The minimum atomic E-state index is -0.0888. The lowest BCUT2D eigenvalue weighted by molar-refractivity contribution is -0.0870. The molecule has 1 saturated heterocycles. The monoisotopic (exact) mass is 252 g/mol. The van der Waals surface area contributed by atoms with Crippen LogP contribution in [0.4, 0.5) is 0 Å². The number of hydrogen-bond acceptors (Lipinski definition) is 3. The third kappa shape index (κ3) is 1.94. The van der Waals surface area contributed by atoms with Gasteiger partial charge in [-0.15, -0.1) is 11.3 Å². The second-order valence-corrected chi connectivity index (χ2v) is 6.43. The predicted octanol–water partition coefficient (Wildman–Crippen LogP) is 2.85. The highest BCUT2D eigenvalue weighted by Gasteiger charge is 2.41. The number of rotatable bonds is 1. The van der Waals surface area contributed by atoms with E-state index in [0.29, 0.717) is 0 Å². The maximum atomic E-state index is 7.89. The van der Waals surface area contributed by atoms with Crippen LogP contribution in [0, 0.1) is 0 Å². The average molecular weight is 252 g/mol. The first-order valence-corrected chi connectivity index (χ1v) is 7.48. The lowest BCUT2D eigenvalue weighted by atomic mass is 9.80. The summed E-state index contributed by atoms with van der Waals surface area (Å²) >= 11 is 1.96. The molecule has 2 atom stereocenters. The van der Waals surface area contributed by atoms with Crippen molar-refractivity contribution in [3.63, 3.8) is 0 Å². The number of thiophene rings is 1. The van der Waals surface area contributed by atoms with Crippen molar-refractivity contribution in [1.29, 1.82) is 0 Å². The van der Waals surface area contributed by atoms with Crippen LogP contribution in [0.1, 0.15) is 42.0 Å². The molecule has 17 heavy (non-hydrogen) atoms. The molecule has 0 aromatic carbocycles. The van der Waals surface area contributed by atoms with Crippen LogP contribution in [0.25, 0.3) is 0 Å². The average Bonchev–Trinajstić information content (AvgIpc) is 2.79. The minimum absolute atomic E-state index is 0.0888. The molecular weight excluding hydrogens is 230 g/mol. The Morgan fingerprint density at radius 3 is 3.35 bits per heavy atom. The van der Waals surface area contributed by atoms with Crippen molar-refractivity contribution < 1.29 is 6.15 Å². The fourth-order valence-corrected chi connectivity index (χ4v) is 4.31. The Bertz CT molecular complexity index is 447. The van der Waals surface area contributed by atoms with Gasteiger partial charge in [0.1, 0.15) is 1.41 Å². The Balaban J connectivity index is 1.97. The summed E-state index contributed by atoms with van der Waals surface area (Å²) in [7, 11) is 0. The molecule has 3 heterocycles. The van der Waals surface area contributed by atoms with Gasteiger partial charge < -0.3 is 10.0 Å². The van der Waals surface area contributed by atoms with Gasteiger partial charge in [0.05, 0.1) is 12.2 Å². The first kappa shape index (κ1) is 10.5. The number of aryl methyl sites for hydroxylation is 1. The Labute approximate surface area is 109 Å². The summed E-state index contributed by atoms with van der Waals surface area (Å²) in [5.74, 6) is 0. The molecule has 0 unspecified atom stereocenters. The van der Waals surface area contributed by atoms with Gasteiger partial charge in [-0.25, -0.2) is 0 Å². The van der Waals surface area contributed by atoms with Gasteiger partial charge in [-0.1, -0.05) is 6.92 Å². The Hall–Kier alpha value is -0.380. The van der Waals surface area contributed by atoms with E-state index in [4.69, 9.17) is 6.15 Å². The molecule has 1 N–H and O–H groups in total. The highest BCUT2D eigenvalue weighted by atomic mass is 32.1. The molecule has 3 heteroatoms. The van der Waals surface area contributed by atoms with Crippen molar-refractivity contribution in [3.05, 3.63) is 21.4 Å². The van der Waals surface area contributed by atoms with E-state index in [1.54, 1.807) is 5.31 Å². The molecule has 2 aliphatic heterocycles. The van der Waals surface area contributed by atoms with Crippen molar-refractivity contribution in [3.8, 4) is 0 Å². The molecule has 1 spiro atoms. The molecule has 94 valence electrons. The zero-order chi connectivity index (χ0) is 12.8. The summed E-state index contributed by atoms with van der Waals surface area (Å²) in [5, 5.41) is 1.70. The van der Waals surface area contributed by atoms with Crippen LogP contribution >= 0.6 is 11.3 Å². The lowest BCUT2D eigenvalue weighted by Crippen LogP contribution is -2.48. The van der Waals surface area contributed by atoms with Crippen LogP contribution in [-0.4, -0.2) is 19.2 Å². The van der Waals surface area contributed by atoms with Crippen LogP contribution in [0.2, 0.25) is 1.41 Å².